The van der Waals surface area contributed by atoms with E-state index in [4.69, 9.17) is 43.1 Å². The molecule has 10 heteroatoms. The molecule has 1 unspecified atom stereocenters. The van der Waals surface area contributed by atoms with Crippen LogP contribution >= 0.6 is 23.2 Å². The molecule has 0 aliphatic heterocycles. The average molecular weight is 490 g/mol. The lowest BCUT2D eigenvalue weighted by Crippen LogP contribution is -2.36. The fraction of sp³-hybridized carbons (Fsp3) is 0.217. The number of aromatic nitrogens is 2. The van der Waals surface area contributed by atoms with Gasteiger partial charge in [-0.15, -0.1) is 0 Å². The minimum Gasteiger partial charge on any atom is -0.493 e. The Labute approximate surface area is 200 Å². The summed E-state index contributed by atoms with van der Waals surface area (Å²) in [5.74, 6) is -0.637. The quantitative estimate of drug-likeness (QED) is 0.431. The molecule has 1 amide bonds. The Kier molecular flexibility index (Phi) is 8.08. The predicted octanol–water partition coefficient (Wildman–Crippen LogP) is 3.70. The van der Waals surface area contributed by atoms with Crippen LogP contribution in [-0.4, -0.2) is 42.0 Å². The normalized spacial score (nSPS) is 11.5. The van der Waals surface area contributed by atoms with Crippen molar-refractivity contribution in [3.8, 4) is 17.2 Å². The maximum Gasteiger partial charge on any atom is 0.258 e. The topological polar surface area (TPSA) is 114 Å². The van der Waals surface area contributed by atoms with Crippen molar-refractivity contribution in [2.45, 2.75) is 18.9 Å². The number of benzene rings is 1. The SMILES string of the molecule is COc1ccc(C(=O)Cc2c(Cl)cncc2Cl)c(OC(Cc2ccccn2)C(N)=O)c1OC. The van der Waals surface area contributed by atoms with Crippen LogP contribution in [0.15, 0.2) is 48.9 Å². The van der Waals surface area contributed by atoms with E-state index in [-0.39, 0.29) is 45.7 Å². The number of nitrogens with two attached hydrogens (primary N) is 1. The van der Waals surface area contributed by atoms with Crippen LogP contribution in [0.3, 0.4) is 0 Å². The molecule has 0 spiro atoms. The number of nitrogens with zero attached hydrogens (tertiary/aromatic N) is 2. The second-order valence-corrected chi connectivity index (χ2v) is 7.71. The number of primary amides is 1. The molecular formula is C23H21Cl2N3O5. The number of hydrogen-bond acceptors (Lipinski definition) is 7. The number of hydrogen-bond donors (Lipinski definition) is 1. The molecule has 2 heterocycles. The Morgan fingerprint density at radius 1 is 1.03 bits per heavy atom. The van der Waals surface area contributed by atoms with Crippen LogP contribution in [0.25, 0.3) is 0 Å². The van der Waals surface area contributed by atoms with Gasteiger partial charge >= 0.3 is 0 Å². The molecule has 8 nitrogen and oxygen atoms in total. The second kappa shape index (κ2) is 11.0. The van der Waals surface area contributed by atoms with E-state index < -0.39 is 12.0 Å². The van der Waals surface area contributed by atoms with Gasteiger partial charge in [0.05, 0.1) is 29.8 Å². The zero-order valence-electron chi connectivity index (χ0n) is 17.9. The van der Waals surface area contributed by atoms with E-state index in [9.17, 15) is 9.59 Å². The number of pyridine rings is 2. The first-order chi connectivity index (χ1) is 15.8. The Balaban J connectivity index is 2.02. The number of methoxy groups -OCH3 is 2. The van der Waals surface area contributed by atoms with Crippen LogP contribution in [0, 0.1) is 0 Å². The Hall–Kier alpha value is -3.36. The molecule has 1 aromatic carbocycles. The van der Waals surface area contributed by atoms with E-state index >= 15 is 0 Å². The van der Waals surface area contributed by atoms with E-state index in [1.165, 1.54) is 32.7 Å². The lowest BCUT2D eigenvalue weighted by atomic mass is 10.0. The van der Waals surface area contributed by atoms with Crippen LogP contribution in [0.2, 0.25) is 10.0 Å². The van der Waals surface area contributed by atoms with Gasteiger partial charge in [0.15, 0.2) is 23.4 Å². The van der Waals surface area contributed by atoms with Crippen molar-refractivity contribution in [1.82, 2.24) is 9.97 Å². The monoisotopic (exact) mass is 489 g/mol. The highest BCUT2D eigenvalue weighted by atomic mass is 35.5. The number of carbonyl (C=O) groups is 2. The fourth-order valence-corrected chi connectivity index (χ4v) is 3.65. The number of rotatable bonds is 10. The van der Waals surface area contributed by atoms with Gasteiger partial charge in [-0.2, -0.15) is 0 Å². The second-order valence-electron chi connectivity index (χ2n) is 6.89. The maximum absolute atomic E-state index is 13.3. The van der Waals surface area contributed by atoms with Crippen molar-refractivity contribution in [2.24, 2.45) is 5.73 Å². The summed E-state index contributed by atoms with van der Waals surface area (Å²) in [5, 5.41) is 0.507. The third-order valence-electron chi connectivity index (χ3n) is 4.79. The van der Waals surface area contributed by atoms with Crippen molar-refractivity contribution >= 4 is 34.9 Å². The first kappa shape index (κ1) is 24.3. The molecule has 0 saturated carbocycles. The number of ether oxygens (including phenoxy) is 3. The van der Waals surface area contributed by atoms with Gasteiger partial charge in [0, 0.05) is 42.7 Å². The summed E-state index contributed by atoms with van der Waals surface area (Å²) < 4.78 is 16.8. The largest absolute Gasteiger partial charge is 0.493 e. The number of halogens is 2. The maximum atomic E-state index is 13.3. The molecule has 0 radical (unpaired) electrons. The van der Waals surface area contributed by atoms with E-state index in [0.29, 0.717) is 17.0 Å². The van der Waals surface area contributed by atoms with Gasteiger partial charge < -0.3 is 19.9 Å². The molecule has 2 N–H and O–H groups in total. The third-order valence-corrected chi connectivity index (χ3v) is 5.44. The van der Waals surface area contributed by atoms with Crippen molar-refractivity contribution in [3.63, 3.8) is 0 Å². The number of Topliss-reactive ketones (excluding diaryl/α,β-unsaturated/α-hetero) is 1. The summed E-state index contributed by atoms with van der Waals surface area (Å²) in [6, 6.07) is 8.35. The van der Waals surface area contributed by atoms with Gasteiger partial charge in [-0.25, -0.2) is 0 Å². The van der Waals surface area contributed by atoms with E-state index in [1.807, 2.05) is 0 Å². The first-order valence-electron chi connectivity index (χ1n) is 9.77. The molecule has 172 valence electrons. The summed E-state index contributed by atoms with van der Waals surface area (Å²) in [4.78, 5) is 33.6. The Morgan fingerprint density at radius 2 is 1.76 bits per heavy atom. The highest BCUT2D eigenvalue weighted by Gasteiger charge is 2.27. The summed E-state index contributed by atoms with van der Waals surface area (Å²) in [6.07, 6.45) is 3.23. The van der Waals surface area contributed by atoms with E-state index in [1.54, 1.807) is 30.5 Å². The molecule has 0 saturated heterocycles. The van der Waals surface area contributed by atoms with Crippen molar-refractivity contribution in [3.05, 3.63) is 75.8 Å². The van der Waals surface area contributed by atoms with Crippen LogP contribution in [0.5, 0.6) is 17.2 Å². The molecule has 1 atom stereocenters. The first-order valence-corrected chi connectivity index (χ1v) is 10.5. The zero-order chi connectivity index (χ0) is 24.0. The van der Waals surface area contributed by atoms with Crippen molar-refractivity contribution in [2.75, 3.05) is 14.2 Å². The smallest absolute Gasteiger partial charge is 0.258 e. The van der Waals surface area contributed by atoms with Crippen molar-refractivity contribution < 1.29 is 23.8 Å². The summed E-state index contributed by atoms with van der Waals surface area (Å²) >= 11 is 12.4. The summed E-state index contributed by atoms with van der Waals surface area (Å²) in [6.45, 7) is 0. The molecule has 3 rings (SSSR count). The van der Waals surface area contributed by atoms with E-state index in [0.717, 1.165) is 0 Å². The molecule has 3 aromatic rings. The minimum atomic E-state index is -1.12. The summed E-state index contributed by atoms with van der Waals surface area (Å²) in [7, 11) is 2.84. The highest BCUT2D eigenvalue weighted by molar-refractivity contribution is 6.36. The van der Waals surface area contributed by atoms with Crippen molar-refractivity contribution in [1.29, 1.82) is 0 Å². The van der Waals surface area contributed by atoms with Gasteiger partial charge in [-0.3, -0.25) is 19.6 Å². The van der Waals surface area contributed by atoms with Crippen LogP contribution in [-0.2, 0) is 17.6 Å². The minimum absolute atomic E-state index is 0.0166. The van der Waals surface area contributed by atoms with Gasteiger partial charge in [-0.05, 0) is 24.3 Å². The molecule has 2 aromatic heterocycles. The molecule has 0 aliphatic carbocycles. The Morgan fingerprint density at radius 3 is 2.33 bits per heavy atom. The van der Waals surface area contributed by atoms with Crippen LogP contribution < -0.4 is 19.9 Å². The zero-order valence-corrected chi connectivity index (χ0v) is 19.4. The Bertz CT molecular complexity index is 1140. The lowest BCUT2D eigenvalue weighted by Gasteiger charge is -2.21. The molecule has 0 fully saturated rings. The predicted molar refractivity (Wildman–Crippen MR) is 123 cm³/mol. The van der Waals surface area contributed by atoms with Gasteiger partial charge in [0.25, 0.3) is 5.91 Å². The van der Waals surface area contributed by atoms with Gasteiger partial charge in [0.1, 0.15) is 0 Å². The summed E-state index contributed by atoms with van der Waals surface area (Å²) in [5.41, 5.74) is 6.74. The van der Waals surface area contributed by atoms with Crippen LogP contribution in [0.1, 0.15) is 21.6 Å². The fourth-order valence-electron chi connectivity index (χ4n) is 3.15. The number of ketones is 1. The molecule has 33 heavy (non-hydrogen) atoms. The number of amides is 1. The molecule has 0 bridgehead atoms. The average Bonchev–Trinajstić information content (AvgIpc) is 2.81. The number of carbonyl (C=O) groups excluding carboxylic acids is 2. The third kappa shape index (κ3) is 5.71. The van der Waals surface area contributed by atoms with E-state index in [2.05, 4.69) is 9.97 Å². The standard InChI is InChI=1S/C23H21Cl2N3O5/c1-31-19-7-6-14(18(29)10-15-16(24)11-27-12-17(15)25)21(22(19)32-2)33-20(23(26)30)9-13-5-3-4-8-28-13/h3-8,11-12,20H,9-10H2,1-2H3,(H2,26,30). The lowest BCUT2D eigenvalue weighted by molar-refractivity contribution is -0.124. The van der Waals surface area contributed by atoms with Gasteiger partial charge in [-0.1, -0.05) is 29.3 Å². The van der Waals surface area contributed by atoms with Crippen LogP contribution in [0.4, 0.5) is 0 Å². The molecular weight excluding hydrogens is 469 g/mol. The highest BCUT2D eigenvalue weighted by Crippen LogP contribution is 2.41. The molecule has 0 aliphatic rings. The van der Waals surface area contributed by atoms with Gasteiger partial charge in [0.2, 0.25) is 5.75 Å².